The summed E-state index contributed by atoms with van der Waals surface area (Å²) in [6.45, 7) is 2.00. The van der Waals surface area contributed by atoms with Crippen LogP contribution in [0.15, 0.2) is 30.5 Å². The zero-order chi connectivity index (χ0) is 12.4. The molecule has 17 heavy (non-hydrogen) atoms. The molecule has 0 fully saturated rings. The minimum absolute atomic E-state index is 0.225. The third kappa shape index (κ3) is 1.99. The smallest absolute Gasteiger partial charge is 0.358 e. The van der Waals surface area contributed by atoms with Crippen LogP contribution in [0.3, 0.4) is 0 Å². The van der Waals surface area contributed by atoms with Gasteiger partial charge >= 0.3 is 5.97 Å². The highest BCUT2D eigenvalue weighted by atomic mass is 16.5. The van der Waals surface area contributed by atoms with Crippen LogP contribution in [0, 0.1) is 6.92 Å². The molecule has 0 spiro atoms. The van der Waals surface area contributed by atoms with Gasteiger partial charge < -0.3 is 10.6 Å². The lowest BCUT2D eigenvalue weighted by Gasteiger charge is -2.04. The highest BCUT2D eigenvalue weighted by Gasteiger charge is 2.15. The average molecular weight is 231 g/mol. The number of hydrogen-bond donors (Lipinski definition) is 1. The molecule has 0 atom stereocenters. The van der Waals surface area contributed by atoms with Crippen molar-refractivity contribution in [1.29, 1.82) is 0 Å². The lowest BCUT2D eigenvalue weighted by molar-refractivity contribution is 0.0591. The van der Waals surface area contributed by atoms with E-state index in [0.29, 0.717) is 5.82 Å². The fourth-order valence-corrected chi connectivity index (χ4v) is 1.53. The number of benzene rings is 1. The summed E-state index contributed by atoms with van der Waals surface area (Å²) in [5.74, 6) is 5.83. The molecule has 1 aromatic carbocycles. The summed E-state index contributed by atoms with van der Waals surface area (Å²) in [5, 5.41) is 0. The Bertz CT molecular complexity index is 543. The molecule has 0 radical (unpaired) electrons. The molecule has 0 aliphatic carbocycles. The fraction of sp³-hybridized carbons (Fsp3) is 0.167. The van der Waals surface area contributed by atoms with E-state index < -0.39 is 5.97 Å². The molecule has 0 bridgehead atoms. The second-order valence-corrected chi connectivity index (χ2v) is 3.69. The van der Waals surface area contributed by atoms with Crippen LogP contribution in [0.1, 0.15) is 16.1 Å². The Kier molecular flexibility index (Phi) is 2.82. The van der Waals surface area contributed by atoms with Crippen molar-refractivity contribution in [1.82, 2.24) is 9.66 Å². The van der Waals surface area contributed by atoms with Crippen LogP contribution >= 0.6 is 0 Å². The van der Waals surface area contributed by atoms with E-state index in [-0.39, 0.29) is 5.69 Å². The van der Waals surface area contributed by atoms with Crippen molar-refractivity contribution >= 4 is 5.97 Å². The first-order valence-corrected chi connectivity index (χ1v) is 5.11. The number of hydrogen-bond acceptors (Lipinski definition) is 4. The van der Waals surface area contributed by atoms with Gasteiger partial charge in [-0.1, -0.05) is 29.8 Å². The molecular weight excluding hydrogens is 218 g/mol. The molecule has 2 N–H and O–H groups in total. The number of aromatic nitrogens is 2. The number of imidazole rings is 1. The van der Waals surface area contributed by atoms with Gasteiger partial charge in [0.05, 0.1) is 13.3 Å². The predicted octanol–water partition coefficient (Wildman–Crippen LogP) is 1.36. The van der Waals surface area contributed by atoms with Gasteiger partial charge in [0.15, 0.2) is 11.5 Å². The molecular formula is C12H13N3O2. The Morgan fingerprint density at radius 1 is 1.35 bits per heavy atom. The monoisotopic (exact) mass is 231 g/mol. The van der Waals surface area contributed by atoms with Crippen molar-refractivity contribution in [3.63, 3.8) is 0 Å². The summed E-state index contributed by atoms with van der Waals surface area (Å²) in [4.78, 5) is 15.5. The van der Waals surface area contributed by atoms with Gasteiger partial charge in [0, 0.05) is 5.56 Å². The van der Waals surface area contributed by atoms with E-state index in [1.165, 1.54) is 18.0 Å². The average Bonchev–Trinajstić information content (AvgIpc) is 2.71. The SMILES string of the molecule is COC(=O)c1cnc(-c2ccc(C)cc2)n1N. The van der Waals surface area contributed by atoms with Crippen LogP contribution in [-0.4, -0.2) is 22.7 Å². The standard InChI is InChI=1S/C12H13N3O2/c1-8-3-5-9(6-4-8)11-14-7-10(15(11)13)12(16)17-2/h3-7H,13H2,1-2H3. The fourth-order valence-electron chi connectivity index (χ4n) is 1.53. The molecule has 88 valence electrons. The number of aryl methyl sites for hydroxylation is 1. The lowest BCUT2D eigenvalue weighted by Crippen LogP contribution is -2.18. The number of rotatable bonds is 2. The molecule has 5 nitrogen and oxygen atoms in total. The summed E-state index contributed by atoms with van der Waals surface area (Å²) in [6.07, 6.45) is 1.40. The molecule has 0 unspecified atom stereocenters. The van der Waals surface area contributed by atoms with Gasteiger partial charge in [-0.3, -0.25) is 0 Å². The number of esters is 1. The van der Waals surface area contributed by atoms with Crippen molar-refractivity contribution in [2.24, 2.45) is 0 Å². The van der Waals surface area contributed by atoms with Crippen LogP contribution in [0.2, 0.25) is 0 Å². The number of carbonyl (C=O) groups excluding carboxylic acids is 1. The summed E-state index contributed by atoms with van der Waals surface area (Å²) < 4.78 is 5.84. The Morgan fingerprint density at radius 2 is 2.00 bits per heavy atom. The minimum atomic E-state index is -0.502. The quantitative estimate of drug-likeness (QED) is 0.625. The van der Waals surface area contributed by atoms with Crippen LogP contribution in [0.4, 0.5) is 0 Å². The summed E-state index contributed by atoms with van der Waals surface area (Å²) in [6, 6.07) is 7.73. The van der Waals surface area contributed by atoms with E-state index in [9.17, 15) is 4.79 Å². The number of carbonyl (C=O) groups is 1. The van der Waals surface area contributed by atoms with Gasteiger partial charge in [-0.05, 0) is 6.92 Å². The van der Waals surface area contributed by atoms with E-state index in [0.717, 1.165) is 11.1 Å². The molecule has 1 aromatic heterocycles. The highest BCUT2D eigenvalue weighted by Crippen LogP contribution is 2.18. The lowest BCUT2D eigenvalue weighted by atomic mass is 10.1. The maximum atomic E-state index is 11.4. The van der Waals surface area contributed by atoms with Crippen molar-refractivity contribution < 1.29 is 9.53 Å². The molecule has 0 aliphatic heterocycles. The Morgan fingerprint density at radius 3 is 2.59 bits per heavy atom. The number of nitrogens with two attached hydrogens (primary N) is 1. The minimum Gasteiger partial charge on any atom is -0.464 e. The van der Waals surface area contributed by atoms with Gasteiger partial charge in [-0.25, -0.2) is 14.5 Å². The normalized spacial score (nSPS) is 10.2. The summed E-state index contributed by atoms with van der Waals surface area (Å²) in [7, 11) is 1.31. The van der Waals surface area contributed by atoms with E-state index in [2.05, 4.69) is 9.72 Å². The first kappa shape index (κ1) is 11.2. The Balaban J connectivity index is 2.44. The van der Waals surface area contributed by atoms with E-state index in [4.69, 9.17) is 5.84 Å². The van der Waals surface area contributed by atoms with Gasteiger partial charge in [0.2, 0.25) is 0 Å². The molecule has 0 amide bonds. The number of nitrogens with zero attached hydrogens (tertiary/aromatic N) is 2. The van der Waals surface area contributed by atoms with Crippen LogP contribution in [0.5, 0.6) is 0 Å². The van der Waals surface area contributed by atoms with Crippen LogP contribution < -0.4 is 5.84 Å². The second kappa shape index (κ2) is 4.29. The van der Waals surface area contributed by atoms with Gasteiger partial charge in [-0.2, -0.15) is 0 Å². The van der Waals surface area contributed by atoms with Crippen molar-refractivity contribution in [3.8, 4) is 11.4 Å². The van der Waals surface area contributed by atoms with Gasteiger partial charge in [0.25, 0.3) is 0 Å². The Labute approximate surface area is 98.8 Å². The zero-order valence-corrected chi connectivity index (χ0v) is 9.68. The largest absolute Gasteiger partial charge is 0.464 e. The molecule has 5 heteroatoms. The first-order valence-electron chi connectivity index (χ1n) is 5.11. The first-order chi connectivity index (χ1) is 8.13. The molecule has 0 aliphatic rings. The van der Waals surface area contributed by atoms with E-state index >= 15 is 0 Å². The van der Waals surface area contributed by atoms with Crippen molar-refractivity contribution in [2.75, 3.05) is 13.0 Å². The van der Waals surface area contributed by atoms with Gasteiger partial charge in [0.1, 0.15) is 0 Å². The van der Waals surface area contributed by atoms with E-state index in [1.807, 2.05) is 31.2 Å². The number of nitrogen functional groups attached to an aromatic ring is 1. The topological polar surface area (TPSA) is 70.1 Å². The third-order valence-electron chi connectivity index (χ3n) is 2.50. The van der Waals surface area contributed by atoms with Crippen LogP contribution in [-0.2, 0) is 4.74 Å². The van der Waals surface area contributed by atoms with Gasteiger partial charge in [-0.15, -0.1) is 0 Å². The number of ether oxygens (including phenoxy) is 1. The maximum absolute atomic E-state index is 11.4. The zero-order valence-electron chi connectivity index (χ0n) is 9.68. The molecule has 2 rings (SSSR count). The molecule has 1 heterocycles. The van der Waals surface area contributed by atoms with Crippen LogP contribution in [0.25, 0.3) is 11.4 Å². The summed E-state index contributed by atoms with van der Waals surface area (Å²) >= 11 is 0. The Hall–Kier alpha value is -2.30. The maximum Gasteiger partial charge on any atom is 0.358 e. The van der Waals surface area contributed by atoms with Crippen molar-refractivity contribution in [3.05, 3.63) is 41.7 Å². The molecule has 0 saturated heterocycles. The summed E-state index contributed by atoms with van der Waals surface area (Å²) in [5.41, 5.74) is 2.23. The molecule has 2 aromatic rings. The highest BCUT2D eigenvalue weighted by molar-refractivity contribution is 5.88. The third-order valence-corrected chi connectivity index (χ3v) is 2.50. The van der Waals surface area contributed by atoms with E-state index in [1.54, 1.807) is 0 Å². The molecule has 0 saturated carbocycles. The number of methoxy groups -OCH3 is 1. The predicted molar refractivity (Wildman–Crippen MR) is 63.9 cm³/mol. The van der Waals surface area contributed by atoms with Crippen molar-refractivity contribution in [2.45, 2.75) is 6.92 Å². The second-order valence-electron chi connectivity index (χ2n) is 3.69.